The second-order valence-corrected chi connectivity index (χ2v) is 8.30. The monoisotopic (exact) mass is 446 g/mol. The molecule has 1 fully saturated rings. The van der Waals surface area contributed by atoms with Gasteiger partial charge in [-0.25, -0.2) is 0 Å². The van der Waals surface area contributed by atoms with E-state index < -0.39 is 0 Å². The maximum Gasteiger partial charge on any atom is 0.191 e. The Kier molecular flexibility index (Phi) is 9.18. The van der Waals surface area contributed by atoms with E-state index in [2.05, 4.69) is 57.4 Å². The molecule has 31 heavy (non-hydrogen) atoms. The van der Waals surface area contributed by atoms with E-state index in [1.165, 1.54) is 11.3 Å². The number of benzene rings is 1. The minimum absolute atomic E-state index is 0.200. The molecule has 2 heterocycles. The van der Waals surface area contributed by atoms with E-state index in [0.717, 1.165) is 69.0 Å². The summed E-state index contributed by atoms with van der Waals surface area (Å²) in [6, 6.07) is 10.4. The molecule has 7 nitrogen and oxygen atoms in total. The first kappa shape index (κ1) is 23.6. The lowest BCUT2D eigenvalue weighted by Crippen LogP contribution is -2.42. The standard InChI is InChI=1S/C23H35ClN6O/c1-4-25-23(26-10-5-11-30-19(3)16-18(2)28-30)27-17-22(29-12-14-31-15-13-29)20-6-8-21(24)9-7-20/h6-9,16,22H,4-5,10-15,17H2,1-3H3,(H2,25,26,27). The number of morpholine rings is 1. The van der Waals surface area contributed by atoms with Crippen molar-refractivity contribution < 1.29 is 4.74 Å². The van der Waals surface area contributed by atoms with Gasteiger partial charge >= 0.3 is 0 Å². The first-order valence-electron chi connectivity index (χ1n) is 11.2. The number of aromatic nitrogens is 2. The van der Waals surface area contributed by atoms with Crippen LogP contribution in [0.2, 0.25) is 5.02 Å². The highest BCUT2D eigenvalue weighted by molar-refractivity contribution is 6.30. The second kappa shape index (κ2) is 12.1. The molecule has 0 bridgehead atoms. The van der Waals surface area contributed by atoms with Crippen molar-refractivity contribution in [1.82, 2.24) is 25.3 Å². The summed E-state index contributed by atoms with van der Waals surface area (Å²) in [5.41, 5.74) is 3.50. The van der Waals surface area contributed by atoms with E-state index in [9.17, 15) is 0 Å². The molecule has 2 N–H and O–H groups in total. The summed E-state index contributed by atoms with van der Waals surface area (Å²) < 4.78 is 7.62. The van der Waals surface area contributed by atoms with Crippen molar-refractivity contribution in [3.63, 3.8) is 0 Å². The Balaban J connectivity index is 1.60. The topological polar surface area (TPSA) is 66.7 Å². The van der Waals surface area contributed by atoms with Crippen LogP contribution in [0.15, 0.2) is 35.3 Å². The minimum Gasteiger partial charge on any atom is -0.379 e. The predicted octanol–water partition coefficient (Wildman–Crippen LogP) is 3.17. The van der Waals surface area contributed by atoms with Crippen LogP contribution in [0.1, 0.15) is 36.3 Å². The molecule has 2 aromatic rings. The van der Waals surface area contributed by atoms with E-state index in [0.29, 0.717) is 6.54 Å². The molecule has 170 valence electrons. The van der Waals surface area contributed by atoms with Crippen LogP contribution in [0.5, 0.6) is 0 Å². The summed E-state index contributed by atoms with van der Waals surface area (Å²) in [4.78, 5) is 7.36. The summed E-state index contributed by atoms with van der Waals surface area (Å²) in [7, 11) is 0. The molecule has 1 unspecified atom stereocenters. The Morgan fingerprint density at radius 2 is 1.94 bits per heavy atom. The van der Waals surface area contributed by atoms with Crippen molar-refractivity contribution in [2.75, 3.05) is 45.9 Å². The Hall–Kier alpha value is -2.09. The number of rotatable bonds is 9. The molecule has 0 aliphatic carbocycles. The number of guanidine groups is 1. The smallest absolute Gasteiger partial charge is 0.191 e. The maximum atomic E-state index is 6.11. The Morgan fingerprint density at radius 1 is 1.19 bits per heavy atom. The van der Waals surface area contributed by atoms with Crippen LogP contribution in [-0.2, 0) is 11.3 Å². The lowest BCUT2D eigenvalue weighted by atomic mass is 10.0. The van der Waals surface area contributed by atoms with Crippen molar-refractivity contribution in [1.29, 1.82) is 0 Å². The van der Waals surface area contributed by atoms with E-state index >= 15 is 0 Å². The molecule has 0 spiro atoms. The molecule has 1 atom stereocenters. The summed E-state index contributed by atoms with van der Waals surface area (Å²) in [6.45, 7) is 12.8. The first-order valence-corrected chi connectivity index (χ1v) is 11.5. The molecule has 3 rings (SSSR count). The number of halogens is 1. The predicted molar refractivity (Wildman–Crippen MR) is 127 cm³/mol. The highest BCUT2D eigenvalue weighted by Gasteiger charge is 2.22. The fourth-order valence-corrected chi connectivity index (χ4v) is 3.99. The molecule has 1 saturated heterocycles. The Morgan fingerprint density at radius 3 is 2.58 bits per heavy atom. The molecule has 0 radical (unpaired) electrons. The number of ether oxygens (including phenoxy) is 1. The Bertz CT molecular complexity index is 829. The summed E-state index contributed by atoms with van der Waals surface area (Å²) in [5, 5.41) is 12.1. The van der Waals surface area contributed by atoms with Gasteiger partial charge in [0.05, 0.1) is 31.5 Å². The lowest BCUT2D eigenvalue weighted by molar-refractivity contribution is 0.0179. The fraction of sp³-hybridized carbons (Fsp3) is 0.565. The van der Waals surface area contributed by atoms with Gasteiger partial charge in [0.2, 0.25) is 0 Å². The maximum absolute atomic E-state index is 6.11. The van der Waals surface area contributed by atoms with Gasteiger partial charge in [0.1, 0.15) is 0 Å². The largest absolute Gasteiger partial charge is 0.379 e. The van der Waals surface area contributed by atoms with Gasteiger partial charge in [-0.1, -0.05) is 23.7 Å². The zero-order valence-corrected chi connectivity index (χ0v) is 19.7. The van der Waals surface area contributed by atoms with Crippen LogP contribution in [0, 0.1) is 13.8 Å². The molecular weight excluding hydrogens is 412 g/mol. The summed E-state index contributed by atoms with van der Waals surface area (Å²) >= 11 is 6.11. The highest BCUT2D eigenvalue weighted by atomic mass is 35.5. The van der Waals surface area contributed by atoms with Crippen molar-refractivity contribution in [2.24, 2.45) is 4.99 Å². The van der Waals surface area contributed by atoms with Crippen LogP contribution >= 0.6 is 11.6 Å². The number of nitrogens with zero attached hydrogens (tertiary/aromatic N) is 4. The third kappa shape index (κ3) is 7.23. The Labute approximate surface area is 190 Å². The summed E-state index contributed by atoms with van der Waals surface area (Å²) in [6.07, 6.45) is 0.983. The third-order valence-electron chi connectivity index (χ3n) is 5.45. The van der Waals surface area contributed by atoms with Gasteiger partial charge in [-0.15, -0.1) is 0 Å². The van der Waals surface area contributed by atoms with Gasteiger partial charge < -0.3 is 15.4 Å². The van der Waals surface area contributed by atoms with Gasteiger partial charge in [0, 0.05) is 43.4 Å². The van der Waals surface area contributed by atoms with E-state index in [1.807, 2.05) is 19.1 Å². The van der Waals surface area contributed by atoms with E-state index in [4.69, 9.17) is 21.3 Å². The zero-order chi connectivity index (χ0) is 22.1. The number of aliphatic imine (C=N–C) groups is 1. The normalized spacial score (nSPS) is 16.3. The minimum atomic E-state index is 0.200. The molecular formula is C23H35ClN6O. The molecule has 1 aromatic carbocycles. The molecule has 0 saturated carbocycles. The molecule has 1 aliphatic rings. The zero-order valence-electron chi connectivity index (χ0n) is 18.9. The van der Waals surface area contributed by atoms with E-state index in [-0.39, 0.29) is 6.04 Å². The van der Waals surface area contributed by atoms with Crippen molar-refractivity contribution >= 4 is 17.6 Å². The number of hydrogen-bond donors (Lipinski definition) is 2. The van der Waals surface area contributed by atoms with Gasteiger partial charge in [-0.2, -0.15) is 5.10 Å². The van der Waals surface area contributed by atoms with Crippen LogP contribution in [-0.4, -0.2) is 66.6 Å². The average molecular weight is 447 g/mol. The molecule has 1 aliphatic heterocycles. The summed E-state index contributed by atoms with van der Waals surface area (Å²) in [5.74, 6) is 0.850. The van der Waals surface area contributed by atoms with Gasteiger partial charge in [0.15, 0.2) is 5.96 Å². The number of aryl methyl sites for hydroxylation is 3. The van der Waals surface area contributed by atoms with Crippen LogP contribution in [0.4, 0.5) is 0 Å². The number of nitrogens with one attached hydrogen (secondary N) is 2. The third-order valence-corrected chi connectivity index (χ3v) is 5.70. The highest BCUT2D eigenvalue weighted by Crippen LogP contribution is 2.24. The van der Waals surface area contributed by atoms with Crippen molar-refractivity contribution in [3.05, 3.63) is 52.3 Å². The van der Waals surface area contributed by atoms with Crippen molar-refractivity contribution in [3.8, 4) is 0 Å². The fourth-order valence-electron chi connectivity index (χ4n) is 3.86. The second-order valence-electron chi connectivity index (χ2n) is 7.87. The van der Waals surface area contributed by atoms with Crippen LogP contribution < -0.4 is 10.6 Å². The molecule has 8 heteroatoms. The van der Waals surface area contributed by atoms with Gasteiger partial charge in [-0.05, 0) is 51.0 Å². The van der Waals surface area contributed by atoms with Crippen LogP contribution in [0.3, 0.4) is 0 Å². The lowest BCUT2D eigenvalue weighted by Gasteiger charge is -2.34. The number of hydrogen-bond acceptors (Lipinski definition) is 4. The SMILES string of the molecule is CCNC(=NCC(c1ccc(Cl)cc1)N1CCOCC1)NCCCn1nc(C)cc1C. The molecule has 0 amide bonds. The van der Waals surface area contributed by atoms with Gasteiger partial charge in [0.25, 0.3) is 0 Å². The van der Waals surface area contributed by atoms with Gasteiger partial charge in [-0.3, -0.25) is 14.6 Å². The average Bonchev–Trinajstić information content (AvgIpc) is 3.10. The molecule has 1 aromatic heterocycles. The van der Waals surface area contributed by atoms with Crippen molar-refractivity contribution in [2.45, 2.75) is 39.8 Å². The van der Waals surface area contributed by atoms with E-state index in [1.54, 1.807) is 0 Å². The quantitative estimate of drug-likeness (QED) is 0.352. The van der Waals surface area contributed by atoms with Crippen LogP contribution in [0.25, 0.3) is 0 Å². The first-order chi connectivity index (χ1) is 15.1.